The number of Topliss-reactive ketones (excluding diaryl/α,β-unsaturated/α-hetero) is 1. The number of carbonyl (C=O) groups is 1. The number of ketones is 1. The lowest BCUT2D eigenvalue weighted by Crippen LogP contribution is -2.05. The maximum absolute atomic E-state index is 11.9. The molecule has 2 rings (SSSR count). The van der Waals surface area contributed by atoms with Crippen molar-refractivity contribution < 1.29 is 9.72 Å². The third-order valence-electron chi connectivity index (χ3n) is 3.35. The van der Waals surface area contributed by atoms with Gasteiger partial charge in [0.15, 0.2) is 5.78 Å². The van der Waals surface area contributed by atoms with Crippen LogP contribution in [0.1, 0.15) is 42.5 Å². The zero-order chi connectivity index (χ0) is 12.3. The number of rotatable bonds is 4. The Morgan fingerprint density at radius 1 is 1.24 bits per heavy atom. The van der Waals surface area contributed by atoms with Crippen molar-refractivity contribution in [1.29, 1.82) is 0 Å². The molecule has 4 heteroatoms. The lowest BCUT2D eigenvalue weighted by Gasteiger charge is -2.07. The summed E-state index contributed by atoms with van der Waals surface area (Å²) in [5, 5.41) is 10.5. The third kappa shape index (κ3) is 2.90. The second kappa shape index (κ2) is 5.08. The number of hydrogen-bond acceptors (Lipinski definition) is 3. The Morgan fingerprint density at radius 3 is 2.35 bits per heavy atom. The van der Waals surface area contributed by atoms with Gasteiger partial charge in [0.05, 0.1) is 4.92 Å². The molecular formula is C13H15NO3. The van der Waals surface area contributed by atoms with E-state index in [1.54, 1.807) is 12.1 Å². The van der Waals surface area contributed by atoms with Gasteiger partial charge in [0.2, 0.25) is 0 Å². The fourth-order valence-corrected chi connectivity index (χ4v) is 2.36. The lowest BCUT2D eigenvalue weighted by atomic mass is 9.97. The van der Waals surface area contributed by atoms with E-state index in [0.29, 0.717) is 17.9 Å². The fourth-order valence-electron chi connectivity index (χ4n) is 2.36. The van der Waals surface area contributed by atoms with Crippen LogP contribution in [0.5, 0.6) is 0 Å². The first-order chi connectivity index (χ1) is 8.16. The Bertz CT molecular complexity index is 419. The number of benzene rings is 1. The van der Waals surface area contributed by atoms with E-state index in [1.165, 1.54) is 25.0 Å². The van der Waals surface area contributed by atoms with Crippen LogP contribution in [-0.2, 0) is 0 Å². The van der Waals surface area contributed by atoms with Crippen LogP contribution in [0.2, 0.25) is 0 Å². The average molecular weight is 233 g/mol. The summed E-state index contributed by atoms with van der Waals surface area (Å²) in [7, 11) is 0. The zero-order valence-electron chi connectivity index (χ0n) is 9.59. The average Bonchev–Trinajstić information content (AvgIpc) is 2.82. The van der Waals surface area contributed by atoms with E-state index in [9.17, 15) is 14.9 Å². The minimum absolute atomic E-state index is 0.0300. The maximum atomic E-state index is 11.9. The van der Waals surface area contributed by atoms with Gasteiger partial charge in [-0.2, -0.15) is 0 Å². The predicted octanol–water partition coefficient (Wildman–Crippen LogP) is 3.36. The third-order valence-corrected chi connectivity index (χ3v) is 3.35. The second-order valence-electron chi connectivity index (χ2n) is 4.58. The SMILES string of the molecule is O=C(CC1CCCC1)c1ccc([N+](=O)[O-])cc1. The molecule has 0 heterocycles. The molecule has 4 nitrogen and oxygen atoms in total. The van der Waals surface area contributed by atoms with Crippen LogP contribution in [0.25, 0.3) is 0 Å². The zero-order valence-corrected chi connectivity index (χ0v) is 9.59. The molecule has 0 atom stereocenters. The summed E-state index contributed by atoms with van der Waals surface area (Å²) < 4.78 is 0. The number of non-ortho nitro benzene ring substituents is 1. The molecular weight excluding hydrogens is 218 g/mol. The van der Waals surface area contributed by atoms with Crippen molar-refractivity contribution in [2.75, 3.05) is 0 Å². The second-order valence-corrected chi connectivity index (χ2v) is 4.58. The van der Waals surface area contributed by atoms with Crippen molar-refractivity contribution in [3.63, 3.8) is 0 Å². The first-order valence-electron chi connectivity index (χ1n) is 5.94. The molecule has 0 spiro atoms. The van der Waals surface area contributed by atoms with E-state index >= 15 is 0 Å². The molecule has 90 valence electrons. The monoisotopic (exact) mass is 233 g/mol. The largest absolute Gasteiger partial charge is 0.294 e. The first-order valence-corrected chi connectivity index (χ1v) is 5.94. The van der Waals surface area contributed by atoms with Gasteiger partial charge in [0.25, 0.3) is 5.69 Å². The molecule has 0 bridgehead atoms. The van der Waals surface area contributed by atoms with Crippen molar-refractivity contribution in [2.45, 2.75) is 32.1 Å². The van der Waals surface area contributed by atoms with E-state index in [1.807, 2.05) is 0 Å². The van der Waals surface area contributed by atoms with Crippen molar-refractivity contribution >= 4 is 11.5 Å². The van der Waals surface area contributed by atoms with Gasteiger partial charge in [0.1, 0.15) is 0 Å². The smallest absolute Gasteiger partial charge is 0.269 e. The summed E-state index contributed by atoms with van der Waals surface area (Å²) in [5.74, 6) is 0.615. The Labute approximate surface area is 99.8 Å². The van der Waals surface area contributed by atoms with Crippen LogP contribution in [0.15, 0.2) is 24.3 Å². The van der Waals surface area contributed by atoms with Crippen LogP contribution in [0.4, 0.5) is 5.69 Å². The highest BCUT2D eigenvalue weighted by molar-refractivity contribution is 5.96. The Morgan fingerprint density at radius 2 is 1.82 bits per heavy atom. The molecule has 1 aliphatic rings. The van der Waals surface area contributed by atoms with E-state index in [0.717, 1.165) is 12.8 Å². The minimum atomic E-state index is -0.453. The highest BCUT2D eigenvalue weighted by Gasteiger charge is 2.19. The van der Waals surface area contributed by atoms with E-state index in [-0.39, 0.29) is 11.5 Å². The van der Waals surface area contributed by atoms with Crippen LogP contribution >= 0.6 is 0 Å². The molecule has 0 amide bonds. The van der Waals surface area contributed by atoms with Gasteiger partial charge in [-0.25, -0.2) is 0 Å². The standard InChI is InChI=1S/C13H15NO3/c15-13(9-10-3-1-2-4-10)11-5-7-12(8-6-11)14(16)17/h5-8,10H,1-4,9H2. The van der Waals surface area contributed by atoms with Gasteiger partial charge in [-0.1, -0.05) is 25.7 Å². The lowest BCUT2D eigenvalue weighted by molar-refractivity contribution is -0.384. The summed E-state index contributed by atoms with van der Waals surface area (Å²) >= 11 is 0. The number of nitro groups is 1. The van der Waals surface area contributed by atoms with E-state index in [4.69, 9.17) is 0 Å². The molecule has 1 fully saturated rings. The Balaban J connectivity index is 2.01. The van der Waals surface area contributed by atoms with Gasteiger partial charge >= 0.3 is 0 Å². The molecule has 0 unspecified atom stereocenters. The molecule has 1 saturated carbocycles. The normalized spacial score (nSPS) is 16.0. The van der Waals surface area contributed by atoms with E-state index < -0.39 is 4.92 Å². The maximum Gasteiger partial charge on any atom is 0.269 e. The molecule has 0 aromatic heterocycles. The van der Waals surface area contributed by atoms with Gasteiger partial charge in [-0.05, 0) is 18.1 Å². The summed E-state index contributed by atoms with van der Waals surface area (Å²) in [6.07, 6.45) is 5.30. The van der Waals surface area contributed by atoms with Gasteiger partial charge in [-0.3, -0.25) is 14.9 Å². The predicted molar refractivity (Wildman–Crippen MR) is 64.0 cm³/mol. The molecule has 0 saturated heterocycles. The minimum Gasteiger partial charge on any atom is -0.294 e. The fraction of sp³-hybridized carbons (Fsp3) is 0.462. The Kier molecular flexibility index (Phi) is 3.52. The number of nitrogens with zero attached hydrogens (tertiary/aromatic N) is 1. The molecule has 0 N–H and O–H groups in total. The van der Waals surface area contributed by atoms with Crippen LogP contribution in [0, 0.1) is 16.0 Å². The molecule has 17 heavy (non-hydrogen) atoms. The molecule has 1 aromatic rings. The number of nitro benzene ring substituents is 1. The highest BCUT2D eigenvalue weighted by atomic mass is 16.6. The quantitative estimate of drug-likeness (QED) is 0.455. The van der Waals surface area contributed by atoms with E-state index in [2.05, 4.69) is 0 Å². The van der Waals surface area contributed by atoms with Crippen molar-refractivity contribution in [1.82, 2.24) is 0 Å². The Hall–Kier alpha value is -1.71. The summed E-state index contributed by atoms with van der Waals surface area (Å²) in [5.41, 5.74) is 0.616. The molecule has 0 aliphatic heterocycles. The van der Waals surface area contributed by atoms with Gasteiger partial charge in [-0.15, -0.1) is 0 Å². The molecule has 1 aromatic carbocycles. The van der Waals surface area contributed by atoms with Gasteiger partial charge in [0, 0.05) is 24.1 Å². The number of carbonyl (C=O) groups excluding carboxylic acids is 1. The van der Waals surface area contributed by atoms with Crippen LogP contribution in [-0.4, -0.2) is 10.7 Å². The summed E-state index contributed by atoms with van der Waals surface area (Å²) in [4.78, 5) is 21.9. The first kappa shape index (κ1) is 11.8. The van der Waals surface area contributed by atoms with Crippen LogP contribution < -0.4 is 0 Å². The topological polar surface area (TPSA) is 60.2 Å². The van der Waals surface area contributed by atoms with Crippen molar-refractivity contribution in [3.8, 4) is 0 Å². The van der Waals surface area contributed by atoms with Crippen LogP contribution in [0.3, 0.4) is 0 Å². The highest BCUT2D eigenvalue weighted by Crippen LogP contribution is 2.28. The number of hydrogen-bond donors (Lipinski definition) is 0. The molecule has 1 aliphatic carbocycles. The molecule has 0 radical (unpaired) electrons. The summed E-state index contributed by atoms with van der Waals surface area (Å²) in [6, 6.07) is 5.88. The van der Waals surface area contributed by atoms with Gasteiger partial charge < -0.3 is 0 Å². The van der Waals surface area contributed by atoms with Crippen molar-refractivity contribution in [3.05, 3.63) is 39.9 Å². The summed E-state index contributed by atoms with van der Waals surface area (Å²) in [6.45, 7) is 0. The van der Waals surface area contributed by atoms with Crippen molar-refractivity contribution in [2.24, 2.45) is 5.92 Å².